The Kier molecular flexibility index (Phi) is 4.68. The first-order valence-electron chi connectivity index (χ1n) is 6.76. The van der Waals surface area contributed by atoms with Crippen molar-refractivity contribution in [2.75, 3.05) is 12.3 Å². The van der Waals surface area contributed by atoms with Crippen molar-refractivity contribution in [2.24, 2.45) is 0 Å². The third-order valence-electron chi connectivity index (χ3n) is 3.70. The van der Waals surface area contributed by atoms with Crippen LogP contribution in [-0.2, 0) is 0 Å². The van der Waals surface area contributed by atoms with Crippen molar-refractivity contribution in [3.63, 3.8) is 0 Å². The molecule has 1 saturated heterocycles. The van der Waals surface area contributed by atoms with Gasteiger partial charge in [-0.1, -0.05) is 19.1 Å². The van der Waals surface area contributed by atoms with Gasteiger partial charge in [0.05, 0.1) is 0 Å². The van der Waals surface area contributed by atoms with Gasteiger partial charge in [-0.15, -0.1) is 0 Å². The number of benzene rings is 1. The molecule has 1 aliphatic heterocycles. The third-order valence-corrected chi connectivity index (χ3v) is 5.24. The molecule has 1 heterocycles. The van der Waals surface area contributed by atoms with Crippen LogP contribution in [-0.4, -0.2) is 17.0 Å². The Labute approximate surface area is 114 Å². The summed E-state index contributed by atoms with van der Waals surface area (Å²) in [6.45, 7) is 5.55. The number of hydrogen-bond donors (Lipinski definition) is 1. The topological polar surface area (TPSA) is 12.0 Å². The monoisotopic (exact) mass is 267 g/mol. The van der Waals surface area contributed by atoms with Crippen molar-refractivity contribution in [3.8, 4) is 0 Å². The van der Waals surface area contributed by atoms with Gasteiger partial charge in [-0.3, -0.25) is 0 Å². The number of nitrogens with one attached hydrogen (secondary N) is 1. The summed E-state index contributed by atoms with van der Waals surface area (Å²) in [4.78, 5) is 0. The van der Waals surface area contributed by atoms with Crippen molar-refractivity contribution in [1.29, 1.82) is 0 Å². The second kappa shape index (κ2) is 6.07. The van der Waals surface area contributed by atoms with Gasteiger partial charge in [-0.05, 0) is 49.6 Å². The van der Waals surface area contributed by atoms with Gasteiger partial charge in [-0.25, -0.2) is 4.39 Å². The predicted octanol–water partition coefficient (Wildman–Crippen LogP) is 4.15. The van der Waals surface area contributed by atoms with Crippen LogP contribution in [0.5, 0.6) is 0 Å². The summed E-state index contributed by atoms with van der Waals surface area (Å²) in [6, 6.07) is 7.21. The smallest absolute Gasteiger partial charge is 0.123 e. The zero-order valence-electron chi connectivity index (χ0n) is 11.2. The molecule has 18 heavy (non-hydrogen) atoms. The van der Waals surface area contributed by atoms with Crippen LogP contribution in [0.15, 0.2) is 24.3 Å². The van der Waals surface area contributed by atoms with Crippen molar-refractivity contribution in [3.05, 3.63) is 35.6 Å². The van der Waals surface area contributed by atoms with Crippen LogP contribution in [0.1, 0.15) is 44.7 Å². The maximum absolute atomic E-state index is 12.9. The Hall–Kier alpha value is -0.540. The molecule has 100 valence electrons. The highest BCUT2D eigenvalue weighted by atomic mass is 32.2. The Morgan fingerprint density at radius 1 is 1.39 bits per heavy atom. The van der Waals surface area contributed by atoms with Crippen molar-refractivity contribution in [1.82, 2.24) is 5.32 Å². The summed E-state index contributed by atoms with van der Waals surface area (Å²) in [5.74, 6) is 1.12. The third kappa shape index (κ3) is 3.48. The van der Waals surface area contributed by atoms with Crippen LogP contribution < -0.4 is 5.32 Å². The molecule has 1 fully saturated rings. The second-order valence-corrected chi connectivity index (χ2v) is 6.98. The molecule has 0 saturated carbocycles. The normalized spacial score (nSPS) is 25.3. The minimum Gasteiger partial charge on any atom is -0.309 e. The van der Waals surface area contributed by atoms with Crippen molar-refractivity contribution >= 4 is 11.8 Å². The molecule has 0 radical (unpaired) electrons. The molecule has 2 rings (SSSR count). The van der Waals surface area contributed by atoms with E-state index in [1.54, 1.807) is 12.1 Å². The molecule has 1 aliphatic rings. The van der Waals surface area contributed by atoms with Gasteiger partial charge >= 0.3 is 0 Å². The first-order valence-corrected chi connectivity index (χ1v) is 7.74. The molecule has 3 heteroatoms. The van der Waals surface area contributed by atoms with Crippen LogP contribution >= 0.6 is 11.8 Å². The number of halogens is 1. The fraction of sp³-hybridized carbons (Fsp3) is 0.600. The maximum Gasteiger partial charge on any atom is 0.123 e. The molecule has 0 spiro atoms. The lowest BCUT2D eigenvalue weighted by molar-refractivity contribution is 0.461. The molecule has 1 nitrogen and oxygen atoms in total. The molecular formula is C15H22FNS. The van der Waals surface area contributed by atoms with Crippen LogP contribution in [0.2, 0.25) is 0 Å². The first kappa shape index (κ1) is 13.9. The zero-order chi connectivity index (χ0) is 13.0. The molecule has 2 atom stereocenters. The lowest BCUT2D eigenvalue weighted by Gasteiger charge is -2.27. The summed E-state index contributed by atoms with van der Waals surface area (Å²) in [6.07, 6.45) is 3.66. The number of hydrogen-bond acceptors (Lipinski definition) is 2. The van der Waals surface area contributed by atoms with E-state index in [2.05, 4.69) is 30.9 Å². The molecular weight excluding hydrogens is 245 g/mol. The van der Waals surface area contributed by atoms with E-state index in [-0.39, 0.29) is 5.82 Å². The summed E-state index contributed by atoms with van der Waals surface area (Å²) in [5.41, 5.74) is 1.19. The Morgan fingerprint density at radius 3 is 2.67 bits per heavy atom. The number of rotatable bonds is 5. The summed E-state index contributed by atoms with van der Waals surface area (Å²) >= 11 is 2.07. The summed E-state index contributed by atoms with van der Waals surface area (Å²) < 4.78 is 13.3. The standard InChI is InChI=1S/C15H22FNS/c1-3-14(12-5-7-13(16)8-6-12)17-11-15(2)9-4-10-18-15/h5-8,14,17H,3-4,9-11H2,1-2H3. The molecule has 1 aromatic carbocycles. The average molecular weight is 267 g/mol. The van der Waals surface area contributed by atoms with Gasteiger partial charge in [-0.2, -0.15) is 11.8 Å². The zero-order valence-corrected chi connectivity index (χ0v) is 12.0. The minimum atomic E-state index is -0.160. The molecule has 0 amide bonds. The van der Waals surface area contributed by atoms with Crippen LogP contribution in [0.3, 0.4) is 0 Å². The van der Waals surface area contributed by atoms with E-state index in [4.69, 9.17) is 0 Å². The van der Waals surface area contributed by atoms with Gasteiger partial charge in [0.25, 0.3) is 0 Å². The highest BCUT2D eigenvalue weighted by Gasteiger charge is 2.29. The van der Waals surface area contributed by atoms with E-state index in [0.29, 0.717) is 10.8 Å². The fourth-order valence-electron chi connectivity index (χ4n) is 2.51. The van der Waals surface area contributed by atoms with E-state index in [1.165, 1.54) is 24.2 Å². The first-order chi connectivity index (χ1) is 8.63. The van der Waals surface area contributed by atoms with E-state index >= 15 is 0 Å². The Balaban J connectivity index is 1.95. The second-order valence-electron chi connectivity index (χ2n) is 5.30. The lowest BCUT2D eigenvalue weighted by atomic mass is 10.0. The predicted molar refractivity (Wildman–Crippen MR) is 77.5 cm³/mol. The van der Waals surface area contributed by atoms with Gasteiger partial charge < -0.3 is 5.32 Å². The average Bonchev–Trinajstić information content (AvgIpc) is 2.79. The summed E-state index contributed by atoms with van der Waals surface area (Å²) in [7, 11) is 0. The minimum absolute atomic E-state index is 0.160. The Morgan fingerprint density at radius 2 is 2.11 bits per heavy atom. The van der Waals surface area contributed by atoms with Crippen LogP contribution in [0.4, 0.5) is 4.39 Å². The molecule has 1 N–H and O–H groups in total. The van der Waals surface area contributed by atoms with Gasteiger partial charge in [0.2, 0.25) is 0 Å². The fourth-order valence-corrected chi connectivity index (χ4v) is 3.76. The van der Waals surface area contributed by atoms with Crippen LogP contribution in [0, 0.1) is 5.82 Å². The van der Waals surface area contributed by atoms with E-state index in [9.17, 15) is 4.39 Å². The highest BCUT2D eigenvalue weighted by molar-refractivity contribution is 8.00. The quantitative estimate of drug-likeness (QED) is 0.860. The van der Waals surface area contributed by atoms with Crippen LogP contribution in [0.25, 0.3) is 0 Å². The van der Waals surface area contributed by atoms with E-state index in [0.717, 1.165) is 13.0 Å². The molecule has 0 aromatic heterocycles. The van der Waals surface area contributed by atoms with E-state index in [1.807, 2.05) is 12.1 Å². The van der Waals surface area contributed by atoms with Crippen molar-refractivity contribution in [2.45, 2.75) is 43.9 Å². The highest BCUT2D eigenvalue weighted by Crippen LogP contribution is 2.37. The van der Waals surface area contributed by atoms with Gasteiger partial charge in [0.15, 0.2) is 0 Å². The molecule has 0 bridgehead atoms. The summed E-state index contributed by atoms with van der Waals surface area (Å²) in [5, 5.41) is 3.64. The molecule has 0 aliphatic carbocycles. The lowest BCUT2D eigenvalue weighted by Crippen LogP contribution is -2.35. The molecule has 1 aromatic rings. The largest absolute Gasteiger partial charge is 0.309 e. The van der Waals surface area contributed by atoms with Crippen molar-refractivity contribution < 1.29 is 4.39 Å². The van der Waals surface area contributed by atoms with Gasteiger partial charge in [0.1, 0.15) is 5.82 Å². The number of thioether (sulfide) groups is 1. The van der Waals surface area contributed by atoms with Gasteiger partial charge in [0, 0.05) is 17.3 Å². The SMILES string of the molecule is CCC(NCC1(C)CCCS1)c1ccc(F)cc1. The van der Waals surface area contributed by atoms with E-state index < -0.39 is 0 Å². The Bertz CT molecular complexity index is 371. The maximum atomic E-state index is 12.9. The molecule has 2 unspecified atom stereocenters.